The highest BCUT2D eigenvalue weighted by atomic mass is 15.1. The maximum atomic E-state index is 2.44. The summed E-state index contributed by atoms with van der Waals surface area (Å²) in [7, 11) is 0. The topological polar surface area (TPSA) is 6.48 Å². The second kappa shape index (κ2) is 32.5. The van der Waals surface area contributed by atoms with Crippen LogP contribution < -0.4 is 9.80 Å². The lowest BCUT2D eigenvalue weighted by atomic mass is 9.81. The zero-order valence-corrected chi connectivity index (χ0v) is 68.6. The van der Waals surface area contributed by atoms with E-state index in [1.165, 1.54) is 139 Å². The highest BCUT2D eigenvalue weighted by Crippen LogP contribution is 2.52. The molecule has 0 bridgehead atoms. The highest BCUT2D eigenvalue weighted by molar-refractivity contribution is 5.97. The van der Waals surface area contributed by atoms with Crippen molar-refractivity contribution in [3.8, 4) is 156 Å². The normalized spacial score (nSPS) is 11.9. The Bertz CT molecular complexity index is 7050. The molecule has 1 aliphatic rings. The molecule has 2 nitrogen and oxygen atoms in total. The van der Waals surface area contributed by atoms with Gasteiger partial charge in [0.2, 0.25) is 0 Å². The number of fused-ring (bicyclic) bond motifs is 4. The van der Waals surface area contributed by atoms with Crippen molar-refractivity contribution in [2.45, 2.75) is 19.3 Å². The molecule has 123 heavy (non-hydrogen) atoms. The molecule has 0 saturated heterocycles. The van der Waals surface area contributed by atoms with Gasteiger partial charge in [-0.15, -0.1) is 0 Å². The fraction of sp³-hybridized carbons (Fsp3) is 0.0248. The van der Waals surface area contributed by atoms with Gasteiger partial charge in [-0.3, -0.25) is 0 Å². The smallest absolute Gasteiger partial charge is 0.0468 e. The quantitative estimate of drug-likeness (QED) is 0.0796. The van der Waals surface area contributed by atoms with Crippen LogP contribution in [0.15, 0.2) is 485 Å². The fourth-order valence-electron chi connectivity index (χ4n) is 18.3. The van der Waals surface area contributed by atoms with Gasteiger partial charge in [0.05, 0.1) is 0 Å². The van der Waals surface area contributed by atoms with E-state index in [-0.39, 0.29) is 5.41 Å². The van der Waals surface area contributed by atoms with Gasteiger partial charge in [-0.05, 0) is 269 Å². The number of anilines is 6. The van der Waals surface area contributed by atoms with Gasteiger partial charge >= 0.3 is 0 Å². The van der Waals surface area contributed by atoms with E-state index >= 15 is 0 Å². The Morgan fingerprint density at radius 3 is 0.667 bits per heavy atom. The fourth-order valence-corrected chi connectivity index (χ4v) is 18.3. The van der Waals surface area contributed by atoms with Crippen molar-refractivity contribution in [1.29, 1.82) is 0 Å². The van der Waals surface area contributed by atoms with Crippen LogP contribution in [-0.4, -0.2) is 0 Å². The van der Waals surface area contributed by atoms with Crippen molar-refractivity contribution < 1.29 is 0 Å². The maximum Gasteiger partial charge on any atom is 0.0468 e. The molecule has 0 aromatic heterocycles. The second-order valence-corrected chi connectivity index (χ2v) is 32.7. The SMILES string of the molecule is CC1(C)c2ccccc2-c2ccc(-c3ccc(N(c4ccc(-c5ccc(-c6ccccc6)cc5)cc4)c4ccc(-c5ccc(-c6ccc(-c7ccc8cc(-c9ccc(N(c%10ccc(-c%11ccc(-c%12ccccc%12)cc%11)cc%10)c%10ccc(-c%11ccc(-c%12ccccc%12)cc%11)cc%10)cc9-c9ccccc9)ccc8c7)cc6)cc5)cc4)cc3-c3ccccc3)cc21. The molecule has 0 spiro atoms. The molecule has 0 amide bonds. The molecule has 0 N–H and O–H groups in total. The summed E-state index contributed by atoms with van der Waals surface area (Å²) in [6.45, 7) is 4.73. The minimum absolute atomic E-state index is 0.120. The van der Waals surface area contributed by atoms with Crippen molar-refractivity contribution >= 4 is 44.9 Å². The molecule has 0 saturated carbocycles. The number of hydrogen-bond acceptors (Lipinski definition) is 2. The predicted octanol–water partition coefficient (Wildman–Crippen LogP) is 33.8. The van der Waals surface area contributed by atoms with E-state index in [2.05, 4.69) is 509 Å². The van der Waals surface area contributed by atoms with Crippen LogP contribution >= 0.6 is 0 Å². The van der Waals surface area contributed by atoms with Crippen LogP contribution in [0.1, 0.15) is 25.0 Å². The van der Waals surface area contributed by atoms with Gasteiger partial charge in [0.25, 0.3) is 0 Å². The first-order valence-electron chi connectivity index (χ1n) is 42.6. The molecule has 2 heteroatoms. The molecule has 20 aromatic rings. The lowest BCUT2D eigenvalue weighted by Gasteiger charge is -2.27. The first-order chi connectivity index (χ1) is 60.7. The van der Waals surface area contributed by atoms with Crippen molar-refractivity contribution in [3.63, 3.8) is 0 Å². The Labute approximate surface area is 721 Å². The van der Waals surface area contributed by atoms with Gasteiger partial charge in [0.1, 0.15) is 0 Å². The molecule has 0 atom stereocenters. The molecule has 0 aliphatic heterocycles. The van der Waals surface area contributed by atoms with Crippen LogP contribution in [0.3, 0.4) is 0 Å². The summed E-state index contributed by atoms with van der Waals surface area (Å²) in [4.78, 5) is 4.80. The summed E-state index contributed by atoms with van der Waals surface area (Å²) in [6, 6.07) is 178. The second-order valence-electron chi connectivity index (χ2n) is 32.7. The molecule has 0 fully saturated rings. The van der Waals surface area contributed by atoms with Crippen LogP contribution in [0.4, 0.5) is 34.1 Å². The number of nitrogens with zero attached hydrogens (tertiary/aromatic N) is 2. The minimum Gasteiger partial charge on any atom is -0.310 e. The molecule has 580 valence electrons. The van der Waals surface area contributed by atoms with Gasteiger partial charge in [-0.2, -0.15) is 0 Å². The van der Waals surface area contributed by atoms with Gasteiger partial charge in [-0.1, -0.05) is 408 Å². The minimum atomic E-state index is -0.120. The van der Waals surface area contributed by atoms with Gasteiger partial charge in [-0.25, -0.2) is 0 Å². The van der Waals surface area contributed by atoms with Gasteiger partial charge in [0, 0.05) is 39.5 Å². The average Bonchev–Trinajstić information content (AvgIpc) is 1.60. The lowest BCUT2D eigenvalue weighted by molar-refractivity contribution is 0.660. The Morgan fingerprint density at radius 2 is 0.341 bits per heavy atom. The molecule has 1 aliphatic carbocycles. The summed E-state index contributed by atoms with van der Waals surface area (Å²) in [6.07, 6.45) is 0. The monoisotopic (exact) mass is 1570 g/mol. The molecular formula is C121H86N2. The van der Waals surface area contributed by atoms with Crippen molar-refractivity contribution in [2.75, 3.05) is 9.80 Å². The third kappa shape index (κ3) is 14.9. The van der Waals surface area contributed by atoms with Crippen LogP contribution in [0.2, 0.25) is 0 Å². The predicted molar refractivity (Wildman–Crippen MR) is 522 cm³/mol. The van der Waals surface area contributed by atoms with E-state index in [0.29, 0.717) is 0 Å². The number of hydrogen-bond donors (Lipinski definition) is 0. The first kappa shape index (κ1) is 74.8. The van der Waals surface area contributed by atoms with E-state index in [1.807, 2.05) is 0 Å². The maximum absolute atomic E-state index is 2.44. The van der Waals surface area contributed by atoms with E-state index in [1.54, 1.807) is 0 Å². The zero-order chi connectivity index (χ0) is 82.2. The molecule has 0 heterocycles. The van der Waals surface area contributed by atoms with Crippen LogP contribution in [0.25, 0.3) is 167 Å². The number of rotatable bonds is 19. The summed E-state index contributed by atoms with van der Waals surface area (Å²) < 4.78 is 0. The van der Waals surface area contributed by atoms with E-state index in [4.69, 9.17) is 0 Å². The van der Waals surface area contributed by atoms with Crippen molar-refractivity contribution in [1.82, 2.24) is 0 Å². The van der Waals surface area contributed by atoms with Crippen LogP contribution in [0, 0.1) is 0 Å². The van der Waals surface area contributed by atoms with Crippen LogP contribution in [-0.2, 0) is 5.41 Å². The zero-order valence-electron chi connectivity index (χ0n) is 68.6. The van der Waals surface area contributed by atoms with Crippen LogP contribution in [0.5, 0.6) is 0 Å². The summed E-state index contributed by atoms with van der Waals surface area (Å²) in [5.41, 5.74) is 42.4. The lowest BCUT2D eigenvalue weighted by Crippen LogP contribution is -2.14. The summed E-state index contributed by atoms with van der Waals surface area (Å²) in [5.74, 6) is 0. The van der Waals surface area contributed by atoms with E-state index < -0.39 is 0 Å². The summed E-state index contributed by atoms with van der Waals surface area (Å²) >= 11 is 0. The van der Waals surface area contributed by atoms with Crippen molar-refractivity contribution in [3.05, 3.63) is 496 Å². The number of benzene rings is 20. The Hall–Kier alpha value is -15.7. The standard InChI is InChI=1S/C121H86N2/c1-121(2)119-31-19-18-30-115(119)116-75-64-106(80-120(116)121)114-77-74-112(82-118(114)101-28-16-7-17-29-101)123(109-69-60-97(61-70-109)93-42-36-88(37-43-93)85-24-12-5-13-25-85)110-71-62-98(63-72-110)94-46-44-89(45-47-94)90-48-50-99(51-49-90)102-52-53-104-79-105(55-54-103(104)78-102)113-76-73-111(81-117(113)100-26-14-6-15-27-100)122(107-65-56-95(57-66-107)91-38-32-86(33-39-91)83-20-8-3-9-21-83)108-67-58-96(59-68-108)92-40-34-87(35-41-92)84-22-10-4-11-23-84/h3-82H,1-2H3. The van der Waals surface area contributed by atoms with Crippen molar-refractivity contribution in [2.24, 2.45) is 0 Å². The average molecular weight is 1570 g/mol. The Balaban J connectivity index is 0.549. The summed E-state index contributed by atoms with van der Waals surface area (Å²) in [5, 5.41) is 2.38. The third-order valence-electron chi connectivity index (χ3n) is 25.0. The Morgan fingerprint density at radius 1 is 0.130 bits per heavy atom. The molecular weight excluding hydrogens is 1480 g/mol. The molecule has 21 rings (SSSR count). The largest absolute Gasteiger partial charge is 0.310 e. The van der Waals surface area contributed by atoms with E-state index in [9.17, 15) is 0 Å². The van der Waals surface area contributed by atoms with Gasteiger partial charge in [0.15, 0.2) is 0 Å². The molecule has 20 aromatic carbocycles. The third-order valence-corrected chi connectivity index (χ3v) is 25.0. The Kier molecular flexibility index (Phi) is 19.8. The molecule has 0 unspecified atom stereocenters. The first-order valence-corrected chi connectivity index (χ1v) is 42.6. The highest BCUT2D eigenvalue weighted by Gasteiger charge is 2.36. The molecule has 0 radical (unpaired) electrons. The van der Waals surface area contributed by atoms with Gasteiger partial charge < -0.3 is 9.80 Å². The van der Waals surface area contributed by atoms with E-state index in [0.717, 1.165) is 73.1 Å².